The molecule has 3 heteroatoms. The van der Waals surface area contributed by atoms with Gasteiger partial charge in [-0.05, 0) is 18.1 Å². The number of hydrogen-bond donors (Lipinski definition) is 1. The van der Waals surface area contributed by atoms with Gasteiger partial charge in [-0.1, -0.05) is 13.0 Å². The van der Waals surface area contributed by atoms with E-state index < -0.39 is 0 Å². The fourth-order valence-corrected chi connectivity index (χ4v) is 1.09. The lowest BCUT2D eigenvalue weighted by Crippen LogP contribution is -2.10. The molecule has 0 aliphatic heterocycles. The van der Waals surface area contributed by atoms with Gasteiger partial charge in [-0.15, -0.1) is 0 Å². The molecule has 0 radical (unpaired) electrons. The molecular weight excluding hydrogens is 164 g/mol. The Labute approximate surface area is 79.0 Å². The zero-order valence-corrected chi connectivity index (χ0v) is 8.36. The molecule has 0 saturated carbocycles. The summed E-state index contributed by atoms with van der Waals surface area (Å²) in [4.78, 5) is 6.15. The van der Waals surface area contributed by atoms with Crippen molar-refractivity contribution in [3.8, 4) is 0 Å². The minimum atomic E-state index is -0.385. The number of aromatic nitrogens is 1. The predicted molar refractivity (Wildman–Crippen MR) is 53.8 cm³/mol. The average Bonchev–Trinajstić information content (AvgIpc) is 2.17. The monoisotopic (exact) mass is 180 g/mol. The predicted octanol–water partition coefficient (Wildman–Crippen LogP) is 1.59. The molecule has 0 aliphatic carbocycles. The molecule has 1 rings (SSSR count). The molecule has 0 bridgehead atoms. The minimum absolute atomic E-state index is 0.385. The Bertz CT molecular complexity index is 256. The second-order valence-corrected chi connectivity index (χ2v) is 3.27. The quantitative estimate of drug-likeness (QED) is 0.767. The lowest BCUT2D eigenvalue weighted by atomic mass is 10.1. The Morgan fingerprint density at radius 1 is 1.46 bits per heavy atom. The van der Waals surface area contributed by atoms with Gasteiger partial charge in [0.1, 0.15) is 5.82 Å². The van der Waals surface area contributed by atoms with Crippen molar-refractivity contribution in [2.45, 2.75) is 19.4 Å². The van der Waals surface area contributed by atoms with E-state index in [1.54, 1.807) is 6.20 Å². The summed E-state index contributed by atoms with van der Waals surface area (Å²) >= 11 is 0. The van der Waals surface area contributed by atoms with E-state index in [-0.39, 0.29) is 6.10 Å². The van der Waals surface area contributed by atoms with E-state index in [9.17, 15) is 5.11 Å². The normalized spacial score (nSPS) is 12.6. The van der Waals surface area contributed by atoms with Crippen LogP contribution >= 0.6 is 0 Å². The maximum Gasteiger partial charge on any atom is 0.127 e. The molecule has 0 amide bonds. The van der Waals surface area contributed by atoms with Crippen LogP contribution in [0.1, 0.15) is 25.0 Å². The highest BCUT2D eigenvalue weighted by molar-refractivity contribution is 5.37. The molecular formula is C10H16N2O. The summed E-state index contributed by atoms with van der Waals surface area (Å²) in [6.07, 6.45) is 2.07. The van der Waals surface area contributed by atoms with Gasteiger partial charge >= 0.3 is 0 Å². The van der Waals surface area contributed by atoms with E-state index in [2.05, 4.69) is 4.98 Å². The average molecular weight is 180 g/mol. The molecule has 0 aliphatic rings. The van der Waals surface area contributed by atoms with Crippen molar-refractivity contribution < 1.29 is 5.11 Å². The van der Waals surface area contributed by atoms with Gasteiger partial charge in [0, 0.05) is 20.3 Å². The van der Waals surface area contributed by atoms with Gasteiger partial charge in [-0.3, -0.25) is 0 Å². The lowest BCUT2D eigenvalue weighted by Gasteiger charge is -2.12. The summed E-state index contributed by atoms with van der Waals surface area (Å²) in [5.41, 5.74) is 0.883. The van der Waals surface area contributed by atoms with Crippen molar-refractivity contribution >= 4 is 5.82 Å². The van der Waals surface area contributed by atoms with E-state index in [1.165, 1.54) is 0 Å². The van der Waals surface area contributed by atoms with E-state index in [0.29, 0.717) is 0 Å². The number of pyridine rings is 1. The molecule has 1 N–H and O–H groups in total. The fraction of sp³-hybridized carbons (Fsp3) is 0.500. The van der Waals surface area contributed by atoms with Gasteiger partial charge in [-0.2, -0.15) is 0 Å². The summed E-state index contributed by atoms with van der Waals surface area (Å²) in [6, 6.07) is 3.82. The molecule has 0 fully saturated rings. The maximum absolute atomic E-state index is 9.51. The third-order valence-corrected chi connectivity index (χ3v) is 2.00. The molecule has 1 atom stereocenters. The summed E-state index contributed by atoms with van der Waals surface area (Å²) in [6.45, 7) is 1.95. The highest BCUT2D eigenvalue weighted by Crippen LogP contribution is 2.16. The van der Waals surface area contributed by atoms with E-state index in [0.717, 1.165) is 17.8 Å². The first-order valence-corrected chi connectivity index (χ1v) is 4.46. The van der Waals surface area contributed by atoms with E-state index in [1.807, 2.05) is 38.1 Å². The zero-order chi connectivity index (χ0) is 9.84. The van der Waals surface area contributed by atoms with Crippen LogP contribution in [0.15, 0.2) is 18.3 Å². The summed E-state index contributed by atoms with van der Waals surface area (Å²) in [7, 11) is 3.89. The maximum atomic E-state index is 9.51. The highest BCUT2D eigenvalue weighted by atomic mass is 16.3. The number of rotatable bonds is 3. The molecule has 72 valence electrons. The second kappa shape index (κ2) is 4.23. The van der Waals surface area contributed by atoms with Crippen molar-refractivity contribution in [1.82, 2.24) is 4.98 Å². The lowest BCUT2D eigenvalue weighted by molar-refractivity contribution is 0.173. The number of aliphatic hydroxyl groups excluding tert-OH is 1. The number of anilines is 1. The van der Waals surface area contributed by atoms with Crippen LogP contribution in [0, 0.1) is 0 Å². The van der Waals surface area contributed by atoms with Crippen LogP contribution in [-0.4, -0.2) is 24.2 Å². The standard InChI is InChI=1S/C10H16N2O/c1-4-9(13)8-5-6-10(11-7-8)12(2)3/h5-7,9,13H,4H2,1-3H3/t9-/m0/s1. The second-order valence-electron chi connectivity index (χ2n) is 3.27. The van der Waals surface area contributed by atoms with E-state index >= 15 is 0 Å². The highest BCUT2D eigenvalue weighted by Gasteiger charge is 2.04. The molecule has 1 heterocycles. The van der Waals surface area contributed by atoms with Gasteiger partial charge in [-0.25, -0.2) is 4.98 Å². The van der Waals surface area contributed by atoms with Crippen LogP contribution in [0.2, 0.25) is 0 Å². The molecule has 13 heavy (non-hydrogen) atoms. The van der Waals surface area contributed by atoms with Gasteiger partial charge in [0.2, 0.25) is 0 Å². The number of hydrogen-bond acceptors (Lipinski definition) is 3. The van der Waals surface area contributed by atoms with Crippen LogP contribution < -0.4 is 4.90 Å². The molecule has 0 aromatic carbocycles. The van der Waals surface area contributed by atoms with Crippen LogP contribution in [0.25, 0.3) is 0 Å². The van der Waals surface area contributed by atoms with Crippen LogP contribution in [-0.2, 0) is 0 Å². The zero-order valence-electron chi connectivity index (χ0n) is 8.36. The van der Waals surface area contributed by atoms with Crippen molar-refractivity contribution in [3.63, 3.8) is 0 Å². The SMILES string of the molecule is CC[C@H](O)c1ccc(N(C)C)nc1. The van der Waals surface area contributed by atoms with Crippen LogP contribution in [0.4, 0.5) is 5.82 Å². The summed E-state index contributed by atoms with van der Waals surface area (Å²) in [5.74, 6) is 0.909. The van der Waals surface area contributed by atoms with E-state index in [4.69, 9.17) is 0 Å². The van der Waals surface area contributed by atoms with Gasteiger partial charge < -0.3 is 10.0 Å². The molecule has 1 aromatic rings. The summed E-state index contributed by atoms with van der Waals surface area (Å²) < 4.78 is 0. The topological polar surface area (TPSA) is 36.4 Å². The first kappa shape index (κ1) is 9.99. The van der Waals surface area contributed by atoms with Crippen LogP contribution in [0.3, 0.4) is 0 Å². The Balaban J connectivity index is 2.81. The fourth-order valence-electron chi connectivity index (χ4n) is 1.09. The summed E-state index contributed by atoms with van der Waals surface area (Å²) in [5, 5.41) is 9.51. The Kier molecular flexibility index (Phi) is 3.25. The Morgan fingerprint density at radius 3 is 2.54 bits per heavy atom. The minimum Gasteiger partial charge on any atom is -0.388 e. The number of nitrogens with zero attached hydrogens (tertiary/aromatic N) is 2. The first-order chi connectivity index (χ1) is 6.15. The third-order valence-electron chi connectivity index (χ3n) is 2.00. The van der Waals surface area contributed by atoms with Crippen molar-refractivity contribution in [3.05, 3.63) is 23.9 Å². The third kappa shape index (κ3) is 2.42. The molecule has 3 nitrogen and oxygen atoms in total. The molecule has 0 unspecified atom stereocenters. The van der Waals surface area contributed by atoms with Gasteiger partial charge in [0.05, 0.1) is 6.10 Å². The Morgan fingerprint density at radius 2 is 2.15 bits per heavy atom. The first-order valence-electron chi connectivity index (χ1n) is 4.46. The molecule has 0 spiro atoms. The van der Waals surface area contributed by atoms with Crippen molar-refractivity contribution in [1.29, 1.82) is 0 Å². The number of aliphatic hydroxyl groups is 1. The van der Waals surface area contributed by atoms with Crippen molar-refractivity contribution in [2.24, 2.45) is 0 Å². The van der Waals surface area contributed by atoms with Crippen molar-refractivity contribution in [2.75, 3.05) is 19.0 Å². The smallest absolute Gasteiger partial charge is 0.127 e. The largest absolute Gasteiger partial charge is 0.388 e. The molecule has 0 saturated heterocycles. The van der Waals surface area contributed by atoms with Gasteiger partial charge in [0.25, 0.3) is 0 Å². The Hall–Kier alpha value is -1.09. The van der Waals surface area contributed by atoms with Gasteiger partial charge in [0.15, 0.2) is 0 Å². The molecule has 1 aromatic heterocycles. The van der Waals surface area contributed by atoms with Crippen LogP contribution in [0.5, 0.6) is 0 Å².